The van der Waals surface area contributed by atoms with Gasteiger partial charge in [-0.15, -0.1) is 0 Å². The Labute approximate surface area is 92.5 Å². The molecule has 0 aromatic heterocycles. The molecular weight excluding hydrogens is 209 g/mol. The lowest BCUT2D eigenvalue weighted by atomic mass is 10.1. The Bertz CT molecular complexity index is 486. The molecule has 16 heavy (non-hydrogen) atoms. The lowest BCUT2D eigenvalue weighted by Crippen LogP contribution is -2.32. The summed E-state index contributed by atoms with van der Waals surface area (Å²) in [5, 5.41) is 0. The molecule has 4 nitrogen and oxygen atoms in total. The Hall–Kier alpha value is -1.62. The third-order valence-electron chi connectivity index (χ3n) is 3.05. The fraction of sp³-hybridized carbons (Fsp3) is 0.364. The molecule has 0 spiro atoms. The highest BCUT2D eigenvalue weighted by atomic mass is 19.1. The van der Waals surface area contributed by atoms with Crippen molar-refractivity contribution in [2.75, 3.05) is 25.1 Å². The van der Waals surface area contributed by atoms with E-state index in [2.05, 4.69) is 4.99 Å². The van der Waals surface area contributed by atoms with E-state index in [0.717, 1.165) is 11.4 Å². The quantitative estimate of drug-likeness (QED) is 0.719. The van der Waals surface area contributed by atoms with Crippen molar-refractivity contribution in [1.29, 1.82) is 0 Å². The largest absolute Gasteiger partial charge is 0.483 e. The van der Waals surface area contributed by atoms with Crippen molar-refractivity contribution >= 4 is 17.3 Å². The van der Waals surface area contributed by atoms with Gasteiger partial charge in [0.2, 0.25) is 5.90 Å². The van der Waals surface area contributed by atoms with Crippen LogP contribution in [-0.2, 0) is 4.74 Å². The number of benzene rings is 1. The summed E-state index contributed by atoms with van der Waals surface area (Å²) in [6.45, 7) is 1.18. The predicted octanol–water partition coefficient (Wildman–Crippen LogP) is 1.34. The molecule has 0 saturated heterocycles. The topological polar surface area (TPSA) is 50.8 Å². The smallest absolute Gasteiger partial charge is 0.208 e. The number of hydrogen-bond donors (Lipinski definition) is 1. The average molecular weight is 221 g/mol. The summed E-state index contributed by atoms with van der Waals surface area (Å²) in [5.41, 5.74) is 8.07. The van der Waals surface area contributed by atoms with E-state index in [4.69, 9.17) is 10.5 Å². The second-order valence-electron chi connectivity index (χ2n) is 4.03. The minimum absolute atomic E-state index is 0.246. The molecule has 0 aliphatic carbocycles. The van der Waals surface area contributed by atoms with Gasteiger partial charge < -0.3 is 15.4 Å². The molecule has 2 heterocycles. The molecular formula is C11H12FN3O. The van der Waals surface area contributed by atoms with Crippen LogP contribution in [0.3, 0.4) is 0 Å². The molecule has 5 heteroatoms. The van der Waals surface area contributed by atoms with Gasteiger partial charge in [-0.1, -0.05) is 0 Å². The number of ether oxygens (including phenoxy) is 1. The van der Waals surface area contributed by atoms with Gasteiger partial charge in [-0.2, -0.15) is 0 Å². The van der Waals surface area contributed by atoms with Crippen LogP contribution >= 0.6 is 0 Å². The first-order valence-electron chi connectivity index (χ1n) is 5.15. The van der Waals surface area contributed by atoms with Gasteiger partial charge in [0.1, 0.15) is 5.82 Å². The average Bonchev–Trinajstić information content (AvgIpc) is 2.61. The van der Waals surface area contributed by atoms with E-state index in [1.54, 1.807) is 13.2 Å². The first-order valence-corrected chi connectivity index (χ1v) is 5.15. The lowest BCUT2D eigenvalue weighted by molar-refractivity contribution is 0.393. The van der Waals surface area contributed by atoms with Gasteiger partial charge in [-0.25, -0.2) is 9.38 Å². The van der Waals surface area contributed by atoms with Crippen LogP contribution < -0.4 is 10.6 Å². The molecule has 1 aromatic carbocycles. The summed E-state index contributed by atoms with van der Waals surface area (Å²) >= 11 is 0. The van der Waals surface area contributed by atoms with E-state index in [9.17, 15) is 4.39 Å². The third kappa shape index (κ3) is 1.15. The van der Waals surface area contributed by atoms with Gasteiger partial charge in [0, 0.05) is 12.1 Å². The summed E-state index contributed by atoms with van der Waals surface area (Å²) in [6, 6.07) is 2.80. The zero-order valence-electron chi connectivity index (χ0n) is 8.90. The molecule has 1 atom stereocenters. The van der Waals surface area contributed by atoms with E-state index >= 15 is 0 Å². The zero-order chi connectivity index (χ0) is 11.3. The van der Waals surface area contributed by atoms with Crippen LogP contribution in [0.4, 0.5) is 15.8 Å². The molecule has 84 valence electrons. The minimum atomic E-state index is -0.277. The monoisotopic (exact) mass is 221 g/mol. The molecule has 0 saturated carbocycles. The second-order valence-corrected chi connectivity index (χ2v) is 4.03. The molecule has 0 radical (unpaired) electrons. The number of anilines is 1. The summed E-state index contributed by atoms with van der Waals surface area (Å²) < 4.78 is 18.8. The molecule has 3 rings (SSSR count). The SMILES string of the molecule is COC1=Nc2ccc(F)c3c2N(C1)C[C@@H]3N. The predicted molar refractivity (Wildman–Crippen MR) is 59.6 cm³/mol. The number of aliphatic imine (C=N–C) groups is 1. The van der Waals surface area contributed by atoms with Crippen LogP contribution in [0.25, 0.3) is 0 Å². The third-order valence-corrected chi connectivity index (χ3v) is 3.05. The highest BCUT2D eigenvalue weighted by molar-refractivity contribution is 5.93. The van der Waals surface area contributed by atoms with E-state index in [1.165, 1.54) is 6.07 Å². The van der Waals surface area contributed by atoms with Gasteiger partial charge in [0.25, 0.3) is 0 Å². The number of rotatable bonds is 0. The van der Waals surface area contributed by atoms with Gasteiger partial charge in [-0.3, -0.25) is 0 Å². The van der Waals surface area contributed by atoms with E-state index < -0.39 is 0 Å². The van der Waals surface area contributed by atoms with Crippen molar-refractivity contribution in [3.63, 3.8) is 0 Å². The summed E-state index contributed by atoms with van der Waals surface area (Å²) in [6.07, 6.45) is 0. The first-order chi connectivity index (χ1) is 7.70. The Morgan fingerprint density at radius 3 is 3.12 bits per heavy atom. The molecule has 1 aromatic rings. The van der Waals surface area contributed by atoms with Crippen LogP contribution in [0.5, 0.6) is 0 Å². The van der Waals surface area contributed by atoms with Crippen LogP contribution in [0.15, 0.2) is 17.1 Å². The van der Waals surface area contributed by atoms with Crippen molar-refractivity contribution in [3.8, 4) is 0 Å². The van der Waals surface area contributed by atoms with Crippen LogP contribution in [0, 0.1) is 5.82 Å². The van der Waals surface area contributed by atoms with Crippen LogP contribution in [0.2, 0.25) is 0 Å². The van der Waals surface area contributed by atoms with Gasteiger partial charge in [-0.05, 0) is 12.1 Å². The van der Waals surface area contributed by atoms with Crippen molar-refractivity contribution < 1.29 is 9.13 Å². The molecule has 2 N–H and O–H groups in total. The molecule has 2 aliphatic heterocycles. The fourth-order valence-electron chi connectivity index (χ4n) is 2.35. The highest BCUT2D eigenvalue weighted by Crippen LogP contribution is 2.44. The normalized spacial score (nSPS) is 21.8. The Kier molecular flexibility index (Phi) is 1.91. The van der Waals surface area contributed by atoms with Gasteiger partial charge in [0.15, 0.2) is 0 Å². The van der Waals surface area contributed by atoms with Gasteiger partial charge >= 0.3 is 0 Å². The molecule has 0 amide bonds. The minimum Gasteiger partial charge on any atom is -0.483 e. The molecule has 0 fully saturated rings. The van der Waals surface area contributed by atoms with Crippen LogP contribution in [-0.4, -0.2) is 26.1 Å². The van der Waals surface area contributed by atoms with Crippen molar-refractivity contribution in [1.82, 2.24) is 0 Å². The molecule has 2 aliphatic rings. The molecule has 0 unspecified atom stereocenters. The Morgan fingerprint density at radius 1 is 1.56 bits per heavy atom. The van der Waals surface area contributed by atoms with Gasteiger partial charge in [0.05, 0.1) is 31.1 Å². The summed E-state index contributed by atoms with van der Waals surface area (Å²) in [7, 11) is 1.59. The molecule has 0 bridgehead atoms. The standard InChI is InChI=1S/C11H12FN3O/c1-16-9-5-15-4-7(13)10-6(12)2-3-8(14-9)11(10)15/h2-3,7H,4-5,13H2,1H3/t7-/m0/s1. The van der Waals surface area contributed by atoms with E-state index in [0.29, 0.717) is 24.6 Å². The maximum absolute atomic E-state index is 13.6. The lowest BCUT2D eigenvalue weighted by Gasteiger charge is -2.25. The van der Waals surface area contributed by atoms with E-state index in [-0.39, 0.29) is 11.9 Å². The summed E-state index contributed by atoms with van der Waals surface area (Å²) in [4.78, 5) is 6.34. The Morgan fingerprint density at radius 2 is 2.38 bits per heavy atom. The maximum Gasteiger partial charge on any atom is 0.208 e. The first kappa shape index (κ1) is 9.59. The van der Waals surface area contributed by atoms with Crippen molar-refractivity contribution in [2.45, 2.75) is 6.04 Å². The van der Waals surface area contributed by atoms with Crippen molar-refractivity contribution in [3.05, 3.63) is 23.5 Å². The van der Waals surface area contributed by atoms with Crippen LogP contribution in [0.1, 0.15) is 11.6 Å². The Balaban J connectivity index is 2.22. The number of hydrogen-bond acceptors (Lipinski definition) is 4. The maximum atomic E-state index is 13.6. The number of nitrogens with two attached hydrogens (primary N) is 1. The number of halogens is 1. The summed E-state index contributed by atoms with van der Waals surface area (Å²) in [5.74, 6) is 0.393. The van der Waals surface area contributed by atoms with Crippen molar-refractivity contribution in [2.24, 2.45) is 10.7 Å². The van der Waals surface area contributed by atoms with E-state index in [1.807, 2.05) is 4.90 Å². The number of methoxy groups -OCH3 is 1. The zero-order valence-corrected chi connectivity index (χ0v) is 8.90. The fourth-order valence-corrected chi connectivity index (χ4v) is 2.35. The highest BCUT2D eigenvalue weighted by Gasteiger charge is 2.34. The number of nitrogens with zero attached hydrogens (tertiary/aromatic N) is 2. The second kappa shape index (κ2) is 3.18.